The van der Waals surface area contributed by atoms with Crippen LogP contribution in [0.15, 0.2) is 54.6 Å². The van der Waals surface area contributed by atoms with Gasteiger partial charge in [0, 0.05) is 20.0 Å². The summed E-state index contributed by atoms with van der Waals surface area (Å²) in [6, 6.07) is 16.0. The molecule has 0 radical (unpaired) electrons. The van der Waals surface area contributed by atoms with Gasteiger partial charge < -0.3 is 9.80 Å². The molecule has 1 atom stereocenters. The number of allylic oxidation sites excluding steroid dienone is 1. The van der Waals surface area contributed by atoms with Crippen LogP contribution in [0.1, 0.15) is 42.9 Å². The third-order valence-electron chi connectivity index (χ3n) is 5.45. The number of rotatable bonds is 8. The maximum atomic E-state index is 12.9. The van der Waals surface area contributed by atoms with E-state index in [9.17, 15) is 4.79 Å². The lowest BCUT2D eigenvalue weighted by molar-refractivity contribution is -0.132. The standard InChI is InChI=1S/C24H28Cl2N2O/c1-27(23(18-28-15-7-8-16-28)20-10-3-2-4-11-20)24(29)12-6-5-9-19-13-14-21(25)22(26)17-19/h2-5,9-11,13-14,17,23H,6-8,12,15-16,18H2,1H3/b9-5+/t23-/m1/s1. The summed E-state index contributed by atoms with van der Waals surface area (Å²) in [5, 5.41) is 1.09. The first-order chi connectivity index (χ1) is 14.0. The molecule has 2 aromatic carbocycles. The number of carbonyl (C=O) groups excluding carboxylic acids is 1. The van der Waals surface area contributed by atoms with Gasteiger partial charge in [0.05, 0.1) is 16.1 Å². The predicted molar refractivity (Wildman–Crippen MR) is 122 cm³/mol. The van der Waals surface area contributed by atoms with Crippen LogP contribution in [0.4, 0.5) is 0 Å². The minimum Gasteiger partial charge on any atom is -0.337 e. The molecule has 29 heavy (non-hydrogen) atoms. The lowest BCUT2D eigenvalue weighted by atomic mass is 10.0. The highest BCUT2D eigenvalue weighted by Crippen LogP contribution is 2.25. The van der Waals surface area contributed by atoms with Crippen molar-refractivity contribution in [2.45, 2.75) is 31.7 Å². The monoisotopic (exact) mass is 430 g/mol. The molecule has 1 saturated heterocycles. The number of hydrogen-bond donors (Lipinski definition) is 0. The van der Waals surface area contributed by atoms with Crippen molar-refractivity contribution in [1.82, 2.24) is 9.80 Å². The Bertz CT molecular complexity index is 832. The van der Waals surface area contributed by atoms with Crippen molar-refractivity contribution in [3.8, 4) is 0 Å². The maximum Gasteiger partial charge on any atom is 0.223 e. The van der Waals surface area contributed by atoms with E-state index in [0.29, 0.717) is 22.9 Å². The Balaban J connectivity index is 1.59. The molecule has 154 valence electrons. The summed E-state index contributed by atoms with van der Waals surface area (Å²) < 4.78 is 0. The number of carbonyl (C=O) groups is 1. The first kappa shape index (κ1) is 21.9. The van der Waals surface area contributed by atoms with E-state index in [1.807, 2.05) is 54.4 Å². The second-order valence-corrected chi connectivity index (χ2v) is 8.37. The molecule has 5 heteroatoms. The van der Waals surface area contributed by atoms with Gasteiger partial charge in [-0.2, -0.15) is 0 Å². The van der Waals surface area contributed by atoms with E-state index in [4.69, 9.17) is 23.2 Å². The van der Waals surface area contributed by atoms with Crippen LogP contribution in [0.3, 0.4) is 0 Å². The first-order valence-corrected chi connectivity index (χ1v) is 10.9. The SMILES string of the molecule is CN(C(=O)CC/C=C/c1ccc(Cl)c(Cl)c1)[C@H](CN1CCCC1)c1ccccc1. The van der Waals surface area contributed by atoms with Crippen molar-refractivity contribution in [2.24, 2.45) is 0 Å². The number of nitrogens with zero attached hydrogens (tertiary/aromatic N) is 2. The van der Waals surface area contributed by atoms with Crippen LogP contribution in [-0.2, 0) is 4.79 Å². The molecule has 1 amide bonds. The number of hydrogen-bond acceptors (Lipinski definition) is 2. The van der Waals surface area contributed by atoms with E-state index in [1.54, 1.807) is 6.07 Å². The minimum absolute atomic E-state index is 0.0841. The Kier molecular flexibility index (Phi) is 8.17. The van der Waals surface area contributed by atoms with Crippen LogP contribution in [0.5, 0.6) is 0 Å². The molecule has 0 bridgehead atoms. The number of benzene rings is 2. The van der Waals surface area contributed by atoms with Crippen LogP contribution in [0.2, 0.25) is 10.0 Å². The topological polar surface area (TPSA) is 23.6 Å². The highest BCUT2D eigenvalue weighted by Gasteiger charge is 2.25. The van der Waals surface area contributed by atoms with Crippen molar-refractivity contribution in [3.63, 3.8) is 0 Å². The van der Waals surface area contributed by atoms with Crippen LogP contribution in [0.25, 0.3) is 6.08 Å². The minimum atomic E-state index is 0.0841. The van der Waals surface area contributed by atoms with Gasteiger partial charge in [-0.25, -0.2) is 0 Å². The third kappa shape index (κ3) is 6.33. The zero-order valence-corrected chi connectivity index (χ0v) is 18.4. The second kappa shape index (κ2) is 10.8. The largest absolute Gasteiger partial charge is 0.337 e. The van der Waals surface area contributed by atoms with Gasteiger partial charge in [0.15, 0.2) is 0 Å². The molecule has 1 heterocycles. The molecule has 0 saturated carbocycles. The summed E-state index contributed by atoms with van der Waals surface area (Å²) in [7, 11) is 1.93. The Morgan fingerprint density at radius 1 is 1.10 bits per heavy atom. The first-order valence-electron chi connectivity index (χ1n) is 10.2. The molecule has 1 aliphatic heterocycles. The molecule has 0 aromatic heterocycles. The molecule has 0 N–H and O–H groups in total. The molecule has 2 aromatic rings. The summed E-state index contributed by atoms with van der Waals surface area (Å²) in [6.07, 6.45) is 7.67. The van der Waals surface area contributed by atoms with Crippen molar-refractivity contribution >= 4 is 35.2 Å². The van der Waals surface area contributed by atoms with E-state index in [1.165, 1.54) is 18.4 Å². The fourth-order valence-corrected chi connectivity index (χ4v) is 4.04. The van der Waals surface area contributed by atoms with E-state index >= 15 is 0 Å². The molecular weight excluding hydrogens is 403 g/mol. The number of amides is 1. The fraction of sp³-hybridized carbons (Fsp3) is 0.375. The zero-order valence-electron chi connectivity index (χ0n) is 16.9. The van der Waals surface area contributed by atoms with Gasteiger partial charge in [-0.15, -0.1) is 0 Å². The second-order valence-electron chi connectivity index (χ2n) is 7.55. The molecule has 3 nitrogen and oxygen atoms in total. The molecule has 3 rings (SSSR count). The lowest BCUT2D eigenvalue weighted by Crippen LogP contribution is -2.38. The Morgan fingerprint density at radius 2 is 1.83 bits per heavy atom. The number of likely N-dealkylation sites (tertiary alicyclic amines) is 1. The summed E-state index contributed by atoms with van der Waals surface area (Å²) in [5.41, 5.74) is 2.18. The van der Waals surface area contributed by atoms with Crippen LogP contribution in [0, 0.1) is 0 Å². The zero-order chi connectivity index (χ0) is 20.6. The van der Waals surface area contributed by atoms with E-state index in [2.05, 4.69) is 17.0 Å². The van der Waals surface area contributed by atoms with E-state index in [-0.39, 0.29) is 11.9 Å². The van der Waals surface area contributed by atoms with Crippen molar-refractivity contribution in [2.75, 3.05) is 26.7 Å². The molecule has 0 aliphatic carbocycles. The molecule has 1 aliphatic rings. The Hall–Kier alpha value is -1.81. The van der Waals surface area contributed by atoms with Crippen molar-refractivity contribution < 1.29 is 4.79 Å². The Labute approximate surface area is 183 Å². The highest BCUT2D eigenvalue weighted by atomic mass is 35.5. The maximum absolute atomic E-state index is 12.9. The summed E-state index contributed by atoms with van der Waals surface area (Å²) in [5.74, 6) is 0.164. The summed E-state index contributed by atoms with van der Waals surface area (Å²) in [4.78, 5) is 17.3. The number of halogens is 2. The smallest absolute Gasteiger partial charge is 0.223 e. The third-order valence-corrected chi connectivity index (χ3v) is 6.19. The molecule has 0 unspecified atom stereocenters. The normalized spacial score (nSPS) is 15.7. The Morgan fingerprint density at radius 3 is 2.52 bits per heavy atom. The lowest BCUT2D eigenvalue weighted by Gasteiger charge is -2.32. The number of likely N-dealkylation sites (N-methyl/N-ethyl adjacent to an activating group) is 1. The van der Waals surface area contributed by atoms with E-state index < -0.39 is 0 Å². The average molecular weight is 431 g/mol. The quantitative estimate of drug-likeness (QED) is 0.506. The van der Waals surface area contributed by atoms with Gasteiger partial charge in [0.2, 0.25) is 5.91 Å². The van der Waals surface area contributed by atoms with Crippen molar-refractivity contribution in [3.05, 3.63) is 75.8 Å². The highest BCUT2D eigenvalue weighted by molar-refractivity contribution is 6.42. The predicted octanol–water partition coefficient (Wildman–Crippen LogP) is 6.08. The van der Waals surface area contributed by atoms with Gasteiger partial charge in [-0.1, -0.05) is 71.8 Å². The van der Waals surface area contributed by atoms with Crippen LogP contribution >= 0.6 is 23.2 Å². The molecule has 0 spiro atoms. The van der Waals surface area contributed by atoms with E-state index in [0.717, 1.165) is 25.2 Å². The van der Waals surface area contributed by atoms with Gasteiger partial charge >= 0.3 is 0 Å². The average Bonchev–Trinajstić information content (AvgIpc) is 3.25. The summed E-state index contributed by atoms with van der Waals surface area (Å²) in [6.45, 7) is 3.14. The van der Waals surface area contributed by atoms with Gasteiger partial charge in [0.1, 0.15) is 0 Å². The van der Waals surface area contributed by atoms with Gasteiger partial charge in [-0.3, -0.25) is 4.79 Å². The molecular formula is C24H28Cl2N2O. The van der Waals surface area contributed by atoms with Crippen LogP contribution < -0.4 is 0 Å². The fourth-order valence-electron chi connectivity index (χ4n) is 3.73. The van der Waals surface area contributed by atoms with Crippen LogP contribution in [-0.4, -0.2) is 42.4 Å². The molecule has 1 fully saturated rings. The van der Waals surface area contributed by atoms with Gasteiger partial charge in [-0.05, 0) is 55.6 Å². The summed E-state index contributed by atoms with van der Waals surface area (Å²) >= 11 is 12.0. The van der Waals surface area contributed by atoms with Crippen molar-refractivity contribution in [1.29, 1.82) is 0 Å². The van der Waals surface area contributed by atoms with Gasteiger partial charge in [0.25, 0.3) is 0 Å².